The lowest BCUT2D eigenvalue weighted by Crippen LogP contribution is -2.25. The van der Waals surface area contributed by atoms with Gasteiger partial charge in [0.15, 0.2) is 11.5 Å². The number of amides is 1. The summed E-state index contributed by atoms with van der Waals surface area (Å²) in [6.45, 7) is 0.606. The Morgan fingerprint density at radius 2 is 1.76 bits per heavy atom. The third kappa shape index (κ3) is 4.89. The van der Waals surface area contributed by atoms with E-state index in [4.69, 9.17) is 9.47 Å². The number of para-hydroxylation sites is 1. The van der Waals surface area contributed by atoms with E-state index in [0.29, 0.717) is 23.6 Å². The second-order valence-electron chi connectivity index (χ2n) is 5.96. The highest BCUT2D eigenvalue weighted by atomic mass is 16.5. The predicted molar refractivity (Wildman–Crippen MR) is 101 cm³/mol. The maximum atomic E-state index is 12.4. The van der Waals surface area contributed by atoms with Gasteiger partial charge in [0.25, 0.3) is 5.91 Å². The first-order valence-electron chi connectivity index (χ1n) is 8.32. The largest absolute Gasteiger partial charge is 0.493 e. The number of carbonyl (C=O) groups excluding carboxylic acids is 1. The van der Waals surface area contributed by atoms with Gasteiger partial charge in [0.1, 0.15) is 0 Å². The third-order valence-corrected chi connectivity index (χ3v) is 4.03. The molecule has 0 fully saturated rings. The molecule has 0 radical (unpaired) electrons. The van der Waals surface area contributed by atoms with Crippen molar-refractivity contribution in [1.29, 1.82) is 0 Å². The lowest BCUT2D eigenvalue weighted by Gasteiger charge is -2.13. The molecule has 0 unspecified atom stereocenters. The summed E-state index contributed by atoms with van der Waals surface area (Å²) in [5.41, 5.74) is 2.93. The van der Waals surface area contributed by atoms with Crippen LogP contribution in [0.4, 0.5) is 5.69 Å². The minimum absolute atomic E-state index is 0.154. The van der Waals surface area contributed by atoms with Crippen LogP contribution in [0.15, 0.2) is 42.5 Å². The number of nitrogens with one attached hydrogen (secondary N) is 1. The van der Waals surface area contributed by atoms with E-state index in [0.717, 1.165) is 12.8 Å². The number of rotatable bonds is 8. The highest BCUT2D eigenvalue weighted by Gasteiger charge is 2.15. The molecule has 5 nitrogen and oxygen atoms in total. The molecule has 2 rings (SSSR count). The topological polar surface area (TPSA) is 50.8 Å². The van der Waals surface area contributed by atoms with E-state index in [1.165, 1.54) is 18.4 Å². The van der Waals surface area contributed by atoms with Crippen LogP contribution in [-0.4, -0.2) is 40.8 Å². The number of aryl methyl sites for hydroxylation is 1. The van der Waals surface area contributed by atoms with Crippen molar-refractivity contribution >= 4 is 11.6 Å². The molecule has 0 aliphatic rings. The second kappa shape index (κ2) is 8.97. The van der Waals surface area contributed by atoms with Gasteiger partial charge in [-0.1, -0.05) is 18.2 Å². The van der Waals surface area contributed by atoms with Crippen LogP contribution in [0.3, 0.4) is 0 Å². The lowest BCUT2D eigenvalue weighted by atomic mass is 10.1. The van der Waals surface area contributed by atoms with Crippen LogP contribution in [-0.2, 0) is 6.42 Å². The van der Waals surface area contributed by atoms with Crippen LogP contribution in [0.2, 0.25) is 0 Å². The summed E-state index contributed by atoms with van der Waals surface area (Å²) in [7, 11) is 7.14. The zero-order valence-corrected chi connectivity index (χ0v) is 15.3. The summed E-state index contributed by atoms with van der Waals surface area (Å²) in [5, 5.41) is 2.94. The number of ether oxygens (including phenoxy) is 2. The fourth-order valence-electron chi connectivity index (χ4n) is 2.62. The molecule has 25 heavy (non-hydrogen) atoms. The number of anilines is 1. The number of methoxy groups -OCH3 is 2. The molecule has 1 N–H and O–H groups in total. The van der Waals surface area contributed by atoms with Crippen molar-refractivity contribution < 1.29 is 14.3 Å². The molecule has 0 bridgehead atoms. The van der Waals surface area contributed by atoms with Crippen molar-refractivity contribution in [3.05, 3.63) is 53.6 Å². The van der Waals surface area contributed by atoms with Gasteiger partial charge in [-0.2, -0.15) is 0 Å². The molecule has 0 spiro atoms. The molecule has 2 aromatic carbocycles. The molecule has 5 heteroatoms. The van der Waals surface area contributed by atoms with Gasteiger partial charge in [-0.3, -0.25) is 4.79 Å². The molecule has 0 saturated carbocycles. The zero-order chi connectivity index (χ0) is 18.2. The van der Waals surface area contributed by atoms with Crippen molar-refractivity contribution in [3.63, 3.8) is 0 Å². The van der Waals surface area contributed by atoms with Crippen molar-refractivity contribution in [2.45, 2.75) is 12.8 Å². The predicted octanol–water partition coefficient (Wildman–Crippen LogP) is 3.13. The van der Waals surface area contributed by atoms with Gasteiger partial charge in [-0.05, 0) is 42.7 Å². The van der Waals surface area contributed by atoms with Crippen LogP contribution in [0.5, 0.6) is 11.5 Å². The van der Waals surface area contributed by atoms with Crippen molar-refractivity contribution in [3.8, 4) is 11.5 Å². The summed E-state index contributed by atoms with van der Waals surface area (Å²) < 4.78 is 10.5. The number of hydrogen-bond acceptors (Lipinski definition) is 4. The van der Waals surface area contributed by atoms with E-state index in [9.17, 15) is 4.79 Å². The monoisotopic (exact) mass is 342 g/mol. The van der Waals surface area contributed by atoms with Gasteiger partial charge in [-0.25, -0.2) is 0 Å². The van der Waals surface area contributed by atoms with Gasteiger partial charge in [0.2, 0.25) is 0 Å². The van der Waals surface area contributed by atoms with Gasteiger partial charge < -0.3 is 19.7 Å². The number of hydrogen-bond donors (Lipinski definition) is 1. The van der Waals surface area contributed by atoms with Crippen LogP contribution in [0, 0.1) is 0 Å². The van der Waals surface area contributed by atoms with Crippen molar-refractivity contribution in [2.24, 2.45) is 0 Å². The summed E-state index contributed by atoms with van der Waals surface area (Å²) in [6.07, 6.45) is 1.79. The molecular formula is C20H26N2O3. The fourth-order valence-corrected chi connectivity index (χ4v) is 2.62. The Hall–Kier alpha value is -2.69. The van der Waals surface area contributed by atoms with Gasteiger partial charge >= 0.3 is 0 Å². The van der Waals surface area contributed by atoms with E-state index < -0.39 is 0 Å². The molecule has 2 aromatic rings. The first kappa shape index (κ1) is 18.6. The van der Waals surface area contributed by atoms with Gasteiger partial charge in [-0.15, -0.1) is 0 Å². The van der Waals surface area contributed by atoms with E-state index in [-0.39, 0.29) is 5.91 Å². The maximum absolute atomic E-state index is 12.4. The minimum Gasteiger partial charge on any atom is -0.493 e. The van der Waals surface area contributed by atoms with Crippen molar-refractivity contribution in [2.75, 3.05) is 39.8 Å². The van der Waals surface area contributed by atoms with E-state index in [1.807, 2.05) is 14.1 Å². The highest BCUT2D eigenvalue weighted by Crippen LogP contribution is 2.30. The van der Waals surface area contributed by atoms with Crippen LogP contribution in [0.1, 0.15) is 22.3 Å². The third-order valence-electron chi connectivity index (χ3n) is 4.03. The SMILES string of the molecule is COc1cccc(C(=O)NCCCc2ccc(N(C)C)cc2)c1OC. The zero-order valence-electron chi connectivity index (χ0n) is 15.3. The smallest absolute Gasteiger partial charge is 0.255 e. The van der Waals surface area contributed by atoms with Crippen molar-refractivity contribution in [1.82, 2.24) is 5.32 Å². The minimum atomic E-state index is -0.154. The average Bonchev–Trinajstić information content (AvgIpc) is 2.64. The Kier molecular flexibility index (Phi) is 6.69. The Morgan fingerprint density at radius 3 is 2.36 bits per heavy atom. The van der Waals surface area contributed by atoms with Crippen LogP contribution < -0.4 is 19.7 Å². The number of nitrogens with zero attached hydrogens (tertiary/aromatic N) is 1. The first-order chi connectivity index (χ1) is 12.1. The molecule has 0 aliphatic carbocycles. The summed E-state index contributed by atoms with van der Waals surface area (Å²) in [4.78, 5) is 14.4. The number of benzene rings is 2. The van der Waals surface area contributed by atoms with E-state index in [1.54, 1.807) is 25.3 Å². The molecule has 0 atom stereocenters. The molecular weight excluding hydrogens is 316 g/mol. The normalized spacial score (nSPS) is 10.2. The molecule has 1 amide bonds. The second-order valence-corrected chi connectivity index (χ2v) is 5.96. The Bertz CT molecular complexity index is 697. The summed E-state index contributed by atoms with van der Waals surface area (Å²) in [5.74, 6) is 0.858. The first-order valence-corrected chi connectivity index (χ1v) is 8.32. The van der Waals surface area contributed by atoms with Crippen LogP contribution in [0.25, 0.3) is 0 Å². The Labute approximate surface area is 149 Å². The Balaban J connectivity index is 1.86. The van der Waals surface area contributed by atoms with Gasteiger partial charge in [0.05, 0.1) is 19.8 Å². The van der Waals surface area contributed by atoms with Crippen LogP contribution >= 0.6 is 0 Å². The van der Waals surface area contributed by atoms with E-state index in [2.05, 4.69) is 34.5 Å². The molecule has 0 aliphatic heterocycles. The lowest BCUT2D eigenvalue weighted by molar-refractivity contribution is 0.0949. The maximum Gasteiger partial charge on any atom is 0.255 e. The fraction of sp³-hybridized carbons (Fsp3) is 0.350. The molecule has 0 aromatic heterocycles. The molecule has 134 valence electrons. The van der Waals surface area contributed by atoms with E-state index >= 15 is 0 Å². The van der Waals surface area contributed by atoms with Gasteiger partial charge in [0, 0.05) is 26.3 Å². The Morgan fingerprint density at radius 1 is 1.04 bits per heavy atom. The number of carbonyl (C=O) groups is 1. The summed E-state index contributed by atoms with van der Waals surface area (Å²) in [6, 6.07) is 13.8. The standard InChI is InChI=1S/C20H26N2O3/c1-22(2)16-12-10-15(11-13-16)7-6-14-21-20(23)17-8-5-9-18(24-3)19(17)25-4/h5,8-13H,6-7,14H2,1-4H3,(H,21,23). The average molecular weight is 342 g/mol. The highest BCUT2D eigenvalue weighted by molar-refractivity contribution is 5.97. The summed E-state index contributed by atoms with van der Waals surface area (Å²) >= 11 is 0. The molecule has 0 heterocycles. The molecule has 0 saturated heterocycles. The quantitative estimate of drug-likeness (QED) is 0.749.